The molecule has 1 aliphatic carbocycles. The number of hydrogen-bond donors (Lipinski definition) is 2. The molecule has 0 fully saturated rings. The molecule has 0 bridgehead atoms. The zero-order valence-electron chi connectivity index (χ0n) is 22.0. The molecule has 0 aromatic carbocycles. The topological polar surface area (TPSA) is 161 Å². The average molecular weight is 543 g/mol. The van der Waals surface area contributed by atoms with Gasteiger partial charge in [0.15, 0.2) is 23.0 Å². The van der Waals surface area contributed by atoms with Crippen LogP contribution < -0.4 is 20.5 Å². The highest BCUT2D eigenvalue weighted by Crippen LogP contribution is 2.32. The van der Waals surface area contributed by atoms with Crippen LogP contribution in [-0.4, -0.2) is 56.5 Å². The molecule has 1 amide bonds. The summed E-state index contributed by atoms with van der Waals surface area (Å²) < 4.78 is 24.0. The van der Waals surface area contributed by atoms with Gasteiger partial charge in [-0.2, -0.15) is 5.10 Å². The van der Waals surface area contributed by atoms with Crippen LogP contribution in [0, 0.1) is 0 Å². The Balaban J connectivity index is 1.32. The first kappa shape index (κ1) is 26.2. The molecule has 40 heavy (non-hydrogen) atoms. The first-order valence-corrected chi connectivity index (χ1v) is 12.2. The Morgan fingerprint density at radius 3 is 2.52 bits per heavy atom. The molecule has 0 saturated carbocycles. The van der Waals surface area contributed by atoms with E-state index < -0.39 is 5.91 Å². The Hall–Kier alpha value is -5.46. The van der Waals surface area contributed by atoms with E-state index in [2.05, 4.69) is 30.4 Å². The first-order valence-electron chi connectivity index (χ1n) is 12.2. The lowest BCUT2D eigenvalue weighted by Gasteiger charge is -2.12. The Bertz CT molecular complexity index is 1580. The van der Waals surface area contributed by atoms with Crippen LogP contribution in [0.4, 0.5) is 11.8 Å². The summed E-state index contributed by atoms with van der Waals surface area (Å²) >= 11 is 0. The van der Waals surface area contributed by atoms with E-state index in [0.29, 0.717) is 59.0 Å². The van der Waals surface area contributed by atoms with E-state index in [-0.39, 0.29) is 11.6 Å². The van der Waals surface area contributed by atoms with Gasteiger partial charge in [-0.3, -0.25) is 9.78 Å². The van der Waals surface area contributed by atoms with Crippen molar-refractivity contribution in [1.29, 1.82) is 0 Å². The summed E-state index contributed by atoms with van der Waals surface area (Å²) in [7, 11) is 3.16. The molecule has 1 aliphatic rings. The van der Waals surface area contributed by atoms with Crippen molar-refractivity contribution in [2.75, 3.05) is 31.9 Å². The average Bonchev–Trinajstić information content (AvgIpc) is 3.29. The highest BCUT2D eigenvalue weighted by atomic mass is 16.5. The number of anilines is 2. The lowest BCUT2D eigenvalue weighted by atomic mass is 10.1. The number of fused-ring (bicyclic) bond motifs is 1. The maximum atomic E-state index is 13.1. The number of carbonyl (C=O) groups is 1. The predicted molar refractivity (Wildman–Crippen MR) is 145 cm³/mol. The Kier molecular flexibility index (Phi) is 7.53. The van der Waals surface area contributed by atoms with Gasteiger partial charge in [-0.25, -0.2) is 19.6 Å². The van der Waals surface area contributed by atoms with E-state index in [0.717, 1.165) is 5.56 Å². The fourth-order valence-corrected chi connectivity index (χ4v) is 3.92. The number of nitrogens with one attached hydrogen (secondary N) is 1. The standard InChI is InChI=1S/C27H26N8O5/c1-4-39-23-15-35(16-12-31-27(28)32-13-16)34-25(23)26(36)33-24-8-5-17(14-30-24)40-20-9-10-29-19-11-22(38-3)21(37-2)7-6-18(19)20/h5,7-15H,4,6H2,1-3H3,(H2,28,31,32)(H,30,33,36). The molecule has 0 spiro atoms. The molecule has 4 aromatic heterocycles. The van der Waals surface area contributed by atoms with Crippen molar-refractivity contribution in [2.24, 2.45) is 0 Å². The summed E-state index contributed by atoms with van der Waals surface area (Å²) in [6.45, 7) is 2.16. The number of nitrogens with two attached hydrogens (primary N) is 1. The molecular formula is C27H26N8O5. The third-order valence-electron chi connectivity index (χ3n) is 5.81. The van der Waals surface area contributed by atoms with Crippen LogP contribution in [0.25, 0.3) is 11.8 Å². The Morgan fingerprint density at radius 2 is 1.82 bits per heavy atom. The van der Waals surface area contributed by atoms with Crippen molar-refractivity contribution in [3.63, 3.8) is 0 Å². The van der Waals surface area contributed by atoms with Crippen LogP contribution in [0.5, 0.6) is 17.2 Å². The van der Waals surface area contributed by atoms with Gasteiger partial charge in [-0.05, 0) is 31.2 Å². The minimum Gasteiger partial charge on any atom is -0.493 e. The molecular weight excluding hydrogens is 516 g/mol. The molecule has 3 N–H and O–H groups in total. The zero-order chi connectivity index (χ0) is 28.1. The maximum absolute atomic E-state index is 13.1. The van der Waals surface area contributed by atoms with E-state index >= 15 is 0 Å². The van der Waals surface area contributed by atoms with Crippen LogP contribution in [0.1, 0.15) is 28.7 Å². The lowest BCUT2D eigenvalue weighted by Crippen LogP contribution is -2.15. The van der Waals surface area contributed by atoms with Crippen molar-refractivity contribution >= 4 is 23.7 Å². The van der Waals surface area contributed by atoms with Gasteiger partial charge in [0, 0.05) is 24.3 Å². The fraction of sp³-hybridized carbons (Fsp3) is 0.185. The SMILES string of the molecule is CCOc1cn(-c2cnc(N)nc2)nc1C(=O)Nc1ccc(Oc2ccnc3c2CC=C(OC)C(OC)=C3)cn1. The third-order valence-corrected chi connectivity index (χ3v) is 5.81. The van der Waals surface area contributed by atoms with E-state index in [1.165, 1.54) is 23.3 Å². The van der Waals surface area contributed by atoms with Gasteiger partial charge in [0.25, 0.3) is 5.91 Å². The molecule has 0 radical (unpaired) electrons. The quantitative estimate of drug-likeness (QED) is 0.318. The fourth-order valence-electron chi connectivity index (χ4n) is 3.92. The smallest absolute Gasteiger partial charge is 0.281 e. The minimum atomic E-state index is -0.499. The Morgan fingerprint density at radius 1 is 1.02 bits per heavy atom. The van der Waals surface area contributed by atoms with E-state index in [1.54, 1.807) is 50.9 Å². The van der Waals surface area contributed by atoms with E-state index in [4.69, 9.17) is 24.7 Å². The van der Waals surface area contributed by atoms with Crippen LogP contribution >= 0.6 is 0 Å². The second kappa shape index (κ2) is 11.5. The van der Waals surface area contributed by atoms with Crippen molar-refractivity contribution in [3.05, 3.63) is 83.7 Å². The molecule has 204 valence electrons. The van der Waals surface area contributed by atoms with Crippen LogP contribution in [0.3, 0.4) is 0 Å². The van der Waals surface area contributed by atoms with E-state index in [9.17, 15) is 4.79 Å². The highest BCUT2D eigenvalue weighted by Gasteiger charge is 2.21. The largest absolute Gasteiger partial charge is 0.493 e. The maximum Gasteiger partial charge on any atom is 0.281 e. The van der Waals surface area contributed by atoms with Crippen LogP contribution in [0.15, 0.2) is 66.8 Å². The summed E-state index contributed by atoms with van der Waals surface area (Å²) in [5.74, 6) is 2.52. The van der Waals surface area contributed by atoms with Crippen LogP contribution in [-0.2, 0) is 15.9 Å². The Labute approximate surface area is 229 Å². The number of amides is 1. The minimum absolute atomic E-state index is 0.0762. The predicted octanol–water partition coefficient (Wildman–Crippen LogP) is 3.55. The number of nitrogens with zero attached hydrogens (tertiary/aromatic N) is 6. The number of aromatic nitrogens is 6. The number of allylic oxidation sites excluding steroid dienone is 1. The van der Waals surface area contributed by atoms with Gasteiger partial charge in [-0.15, -0.1) is 0 Å². The van der Waals surface area contributed by atoms with Crippen LogP contribution in [0.2, 0.25) is 0 Å². The van der Waals surface area contributed by atoms with Crippen molar-refractivity contribution in [3.8, 4) is 22.9 Å². The number of pyridine rings is 2. The van der Waals surface area contributed by atoms with Gasteiger partial charge in [0.2, 0.25) is 5.95 Å². The highest BCUT2D eigenvalue weighted by molar-refractivity contribution is 6.04. The molecule has 4 aromatic rings. The number of nitrogen functional groups attached to an aromatic ring is 1. The lowest BCUT2D eigenvalue weighted by molar-refractivity contribution is 0.101. The molecule has 4 heterocycles. The molecule has 0 aliphatic heterocycles. The molecule has 0 unspecified atom stereocenters. The summed E-state index contributed by atoms with van der Waals surface area (Å²) in [6, 6.07) is 5.11. The van der Waals surface area contributed by atoms with Crippen molar-refractivity contribution in [2.45, 2.75) is 13.3 Å². The number of methoxy groups -OCH3 is 2. The summed E-state index contributed by atoms with van der Waals surface area (Å²) in [5.41, 5.74) is 7.73. The monoisotopic (exact) mass is 542 g/mol. The summed E-state index contributed by atoms with van der Waals surface area (Å²) in [4.78, 5) is 29.7. The molecule has 0 saturated heterocycles. The molecule has 5 rings (SSSR count). The number of hydrogen-bond acceptors (Lipinski definition) is 11. The molecule has 13 heteroatoms. The van der Waals surface area contributed by atoms with Gasteiger partial charge in [0.05, 0.1) is 51.3 Å². The van der Waals surface area contributed by atoms with Crippen molar-refractivity contribution < 1.29 is 23.7 Å². The molecule has 0 atom stereocenters. The van der Waals surface area contributed by atoms with Gasteiger partial charge in [0.1, 0.15) is 23.0 Å². The van der Waals surface area contributed by atoms with Gasteiger partial charge >= 0.3 is 0 Å². The van der Waals surface area contributed by atoms with Crippen molar-refractivity contribution in [1.82, 2.24) is 29.7 Å². The van der Waals surface area contributed by atoms with Gasteiger partial charge < -0.3 is 30.0 Å². The molecule has 13 nitrogen and oxygen atoms in total. The zero-order valence-corrected chi connectivity index (χ0v) is 22.0. The van der Waals surface area contributed by atoms with E-state index in [1.807, 2.05) is 13.0 Å². The summed E-state index contributed by atoms with van der Waals surface area (Å²) in [6.07, 6.45) is 12.0. The number of carbonyl (C=O) groups excluding carboxylic acids is 1. The normalized spacial score (nSPS) is 12.4. The second-order valence-corrected chi connectivity index (χ2v) is 8.32. The second-order valence-electron chi connectivity index (χ2n) is 8.32. The third kappa shape index (κ3) is 5.53. The van der Waals surface area contributed by atoms with Gasteiger partial charge in [-0.1, -0.05) is 0 Å². The number of rotatable bonds is 9. The number of ether oxygens (including phenoxy) is 4. The summed E-state index contributed by atoms with van der Waals surface area (Å²) in [5, 5.41) is 7.08. The first-order chi connectivity index (χ1) is 19.5.